The van der Waals surface area contributed by atoms with Crippen LogP contribution >= 0.6 is 0 Å². The average Bonchev–Trinajstić information content (AvgIpc) is 2.62. The summed E-state index contributed by atoms with van der Waals surface area (Å²) in [5.41, 5.74) is 4.37. The number of para-hydroxylation sites is 1. The molecule has 0 fully saturated rings. The van der Waals surface area contributed by atoms with Crippen LogP contribution in [0.3, 0.4) is 0 Å². The molecule has 1 heterocycles. The lowest BCUT2D eigenvalue weighted by atomic mass is 10.2. The molecular weight excluding hydrogens is 192 g/mol. The highest BCUT2D eigenvalue weighted by atomic mass is 16.4. The summed E-state index contributed by atoms with van der Waals surface area (Å²) in [7, 11) is 0. The number of hydrogen-bond acceptors (Lipinski definition) is 3. The maximum atomic E-state index is 10.9. The third kappa shape index (κ3) is 1.85. The fraction of sp³-hybridized carbons (Fsp3) is 0.182. The first-order valence-electron chi connectivity index (χ1n) is 4.74. The van der Waals surface area contributed by atoms with Gasteiger partial charge >= 0.3 is 5.97 Å². The van der Waals surface area contributed by atoms with E-state index in [1.54, 1.807) is 11.2 Å². The number of aliphatic carboxylic acids is 1. The van der Waals surface area contributed by atoms with Crippen LogP contribution in [0.25, 0.3) is 0 Å². The van der Waals surface area contributed by atoms with E-state index in [-0.39, 0.29) is 6.04 Å². The Balaban J connectivity index is 2.25. The zero-order chi connectivity index (χ0) is 10.8. The van der Waals surface area contributed by atoms with Crippen LogP contribution in [0.15, 0.2) is 42.1 Å². The lowest BCUT2D eigenvalue weighted by Gasteiger charge is -2.17. The smallest absolute Gasteiger partial charge is 0.334 e. The molecule has 0 radical (unpaired) electrons. The van der Waals surface area contributed by atoms with Crippen molar-refractivity contribution in [2.24, 2.45) is 0 Å². The van der Waals surface area contributed by atoms with Crippen molar-refractivity contribution in [3.05, 3.63) is 42.1 Å². The first kappa shape index (κ1) is 9.73. The quantitative estimate of drug-likeness (QED) is 0.764. The molecule has 2 rings (SSSR count). The van der Waals surface area contributed by atoms with Gasteiger partial charge in [0.05, 0.1) is 17.3 Å². The van der Waals surface area contributed by atoms with E-state index in [1.807, 2.05) is 37.3 Å². The Kier molecular flexibility index (Phi) is 2.43. The lowest BCUT2D eigenvalue weighted by Crippen LogP contribution is -2.34. The van der Waals surface area contributed by atoms with Crippen molar-refractivity contribution < 1.29 is 9.90 Å². The van der Waals surface area contributed by atoms with E-state index in [0.29, 0.717) is 5.57 Å². The number of nitrogens with zero attached hydrogens (tertiary/aromatic N) is 1. The molecule has 0 saturated carbocycles. The van der Waals surface area contributed by atoms with Crippen LogP contribution < -0.4 is 10.4 Å². The van der Waals surface area contributed by atoms with Gasteiger partial charge in [-0.1, -0.05) is 18.2 Å². The number of carboxylic acid groups (broad SMARTS) is 1. The van der Waals surface area contributed by atoms with Crippen molar-refractivity contribution in [3.8, 4) is 0 Å². The second-order valence-electron chi connectivity index (χ2n) is 3.45. The predicted octanol–water partition coefficient (Wildman–Crippen LogP) is 1.37. The summed E-state index contributed by atoms with van der Waals surface area (Å²) in [6.07, 6.45) is 1.61. The number of hydrazine groups is 1. The fourth-order valence-corrected chi connectivity index (χ4v) is 1.54. The van der Waals surface area contributed by atoms with Crippen LogP contribution in [0.4, 0.5) is 5.69 Å². The van der Waals surface area contributed by atoms with E-state index in [0.717, 1.165) is 5.69 Å². The van der Waals surface area contributed by atoms with Crippen LogP contribution in [0, 0.1) is 0 Å². The van der Waals surface area contributed by atoms with Gasteiger partial charge in [0.2, 0.25) is 0 Å². The number of hydrogen-bond donors (Lipinski definition) is 2. The van der Waals surface area contributed by atoms with E-state index in [4.69, 9.17) is 5.11 Å². The Morgan fingerprint density at radius 3 is 2.60 bits per heavy atom. The molecule has 1 unspecified atom stereocenters. The number of carbonyl (C=O) groups is 1. The minimum atomic E-state index is -0.881. The predicted molar refractivity (Wildman–Crippen MR) is 57.2 cm³/mol. The summed E-state index contributed by atoms with van der Waals surface area (Å²) in [5.74, 6) is -0.881. The molecule has 0 saturated heterocycles. The van der Waals surface area contributed by atoms with E-state index < -0.39 is 5.97 Å². The van der Waals surface area contributed by atoms with Crippen molar-refractivity contribution in [2.45, 2.75) is 13.0 Å². The van der Waals surface area contributed by atoms with E-state index >= 15 is 0 Å². The molecule has 1 aromatic rings. The van der Waals surface area contributed by atoms with Crippen molar-refractivity contribution in [3.63, 3.8) is 0 Å². The van der Waals surface area contributed by atoms with Crippen LogP contribution in [-0.4, -0.2) is 17.1 Å². The Morgan fingerprint density at radius 2 is 2.07 bits per heavy atom. The third-order valence-electron chi connectivity index (χ3n) is 2.35. The normalized spacial score (nSPS) is 20.2. The lowest BCUT2D eigenvalue weighted by molar-refractivity contribution is -0.132. The Labute approximate surface area is 87.8 Å². The number of benzene rings is 1. The Bertz CT molecular complexity index is 400. The van der Waals surface area contributed by atoms with Gasteiger partial charge in [-0.3, -0.25) is 5.01 Å². The second-order valence-corrected chi connectivity index (χ2v) is 3.45. The number of rotatable bonds is 2. The summed E-state index contributed by atoms with van der Waals surface area (Å²) in [6, 6.07) is 9.41. The van der Waals surface area contributed by atoms with Gasteiger partial charge in [-0.25, -0.2) is 10.2 Å². The molecule has 1 aliphatic rings. The van der Waals surface area contributed by atoms with E-state index in [1.165, 1.54) is 0 Å². The van der Waals surface area contributed by atoms with Crippen molar-refractivity contribution >= 4 is 11.7 Å². The highest BCUT2D eigenvalue weighted by Crippen LogP contribution is 2.19. The van der Waals surface area contributed by atoms with Gasteiger partial charge in [0.25, 0.3) is 0 Å². The molecule has 78 valence electrons. The zero-order valence-electron chi connectivity index (χ0n) is 8.34. The highest BCUT2D eigenvalue weighted by Gasteiger charge is 2.25. The molecule has 0 amide bonds. The number of nitrogens with one attached hydrogen (secondary N) is 1. The van der Waals surface area contributed by atoms with Gasteiger partial charge in [-0.2, -0.15) is 0 Å². The van der Waals surface area contributed by atoms with Gasteiger partial charge in [-0.15, -0.1) is 0 Å². The maximum absolute atomic E-state index is 10.9. The summed E-state index contributed by atoms with van der Waals surface area (Å²) in [4.78, 5) is 10.9. The zero-order valence-corrected chi connectivity index (χ0v) is 8.34. The van der Waals surface area contributed by atoms with Crippen molar-refractivity contribution in [1.82, 2.24) is 5.43 Å². The molecule has 0 aliphatic carbocycles. The van der Waals surface area contributed by atoms with Crippen LogP contribution in [0.5, 0.6) is 0 Å². The number of anilines is 1. The molecule has 0 bridgehead atoms. The first-order chi connectivity index (χ1) is 7.18. The van der Waals surface area contributed by atoms with Crippen molar-refractivity contribution in [2.75, 3.05) is 5.01 Å². The minimum absolute atomic E-state index is 0.164. The average molecular weight is 204 g/mol. The topological polar surface area (TPSA) is 52.6 Å². The van der Waals surface area contributed by atoms with Gasteiger partial charge in [-0.05, 0) is 19.1 Å². The summed E-state index contributed by atoms with van der Waals surface area (Å²) in [5, 5.41) is 10.6. The standard InChI is InChI=1S/C11H12N2O2/c1-8-10(11(14)15)7-13(12-8)9-5-3-2-4-6-9/h2-8,12H,1H3,(H,14,15). The first-order valence-corrected chi connectivity index (χ1v) is 4.74. The minimum Gasteiger partial charge on any atom is -0.478 e. The number of carboxylic acids is 1. The highest BCUT2D eigenvalue weighted by molar-refractivity contribution is 5.89. The molecular formula is C11H12N2O2. The molecule has 4 nitrogen and oxygen atoms in total. The van der Waals surface area contributed by atoms with Crippen LogP contribution in [0.2, 0.25) is 0 Å². The summed E-state index contributed by atoms with van der Waals surface area (Å²) >= 11 is 0. The monoisotopic (exact) mass is 204 g/mol. The van der Waals surface area contributed by atoms with E-state index in [2.05, 4.69) is 5.43 Å². The SMILES string of the molecule is CC1NN(c2ccccc2)C=C1C(=O)O. The van der Waals surface area contributed by atoms with Crippen molar-refractivity contribution in [1.29, 1.82) is 0 Å². The third-order valence-corrected chi connectivity index (χ3v) is 2.35. The Hall–Kier alpha value is -1.81. The molecule has 2 N–H and O–H groups in total. The van der Waals surface area contributed by atoms with Crippen LogP contribution in [0.1, 0.15) is 6.92 Å². The maximum Gasteiger partial charge on any atom is 0.334 e. The van der Waals surface area contributed by atoms with E-state index in [9.17, 15) is 4.79 Å². The van der Waals surface area contributed by atoms with Crippen LogP contribution in [-0.2, 0) is 4.79 Å². The molecule has 15 heavy (non-hydrogen) atoms. The van der Waals surface area contributed by atoms with Gasteiger partial charge < -0.3 is 5.11 Å². The summed E-state index contributed by atoms with van der Waals surface area (Å²) in [6.45, 7) is 1.82. The Morgan fingerprint density at radius 1 is 1.40 bits per heavy atom. The fourth-order valence-electron chi connectivity index (χ4n) is 1.54. The second kappa shape index (κ2) is 3.74. The van der Waals surface area contributed by atoms with Gasteiger partial charge in [0.15, 0.2) is 0 Å². The largest absolute Gasteiger partial charge is 0.478 e. The molecule has 0 aromatic heterocycles. The van der Waals surface area contributed by atoms with Gasteiger partial charge in [0, 0.05) is 6.20 Å². The molecule has 0 spiro atoms. The molecule has 1 aromatic carbocycles. The molecule has 1 aliphatic heterocycles. The van der Waals surface area contributed by atoms with Gasteiger partial charge in [0.1, 0.15) is 0 Å². The molecule has 1 atom stereocenters. The summed E-state index contributed by atoms with van der Waals surface area (Å²) < 4.78 is 0. The molecule has 4 heteroatoms.